The van der Waals surface area contributed by atoms with E-state index in [4.69, 9.17) is 11.6 Å². The molecule has 0 spiro atoms. The zero-order valence-electron chi connectivity index (χ0n) is 14.0. The lowest BCUT2D eigenvalue weighted by atomic mass is 10.1. The molecule has 3 N–H and O–H groups in total. The van der Waals surface area contributed by atoms with Crippen LogP contribution in [0.2, 0.25) is 5.02 Å². The van der Waals surface area contributed by atoms with Crippen molar-refractivity contribution in [1.29, 1.82) is 0 Å². The first-order valence-electron chi connectivity index (χ1n) is 8.09. The quantitative estimate of drug-likeness (QED) is 0.504. The van der Waals surface area contributed by atoms with Gasteiger partial charge in [-0.1, -0.05) is 17.7 Å². The van der Waals surface area contributed by atoms with E-state index in [2.05, 4.69) is 25.5 Å². The van der Waals surface area contributed by atoms with Gasteiger partial charge < -0.3 is 10.4 Å². The number of aliphatic hydroxyl groups is 1. The molecule has 7 heteroatoms. The zero-order valence-corrected chi connectivity index (χ0v) is 14.7. The van der Waals surface area contributed by atoms with Crippen LogP contribution in [0.4, 0.5) is 11.6 Å². The van der Waals surface area contributed by atoms with Gasteiger partial charge in [-0.05, 0) is 48.9 Å². The number of fused-ring (bicyclic) bond motifs is 1. The fourth-order valence-electron chi connectivity index (χ4n) is 2.70. The van der Waals surface area contributed by atoms with Crippen molar-refractivity contribution in [3.63, 3.8) is 0 Å². The summed E-state index contributed by atoms with van der Waals surface area (Å²) in [5.74, 6) is 1.89. The first-order valence-corrected chi connectivity index (χ1v) is 8.47. The third-order valence-corrected chi connectivity index (χ3v) is 4.25. The Morgan fingerprint density at radius 2 is 1.88 bits per heavy atom. The highest BCUT2D eigenvalue weighted by Gasteiger charge is 2.11. The molecular formula is C19H16ClN5O. The predicted molar refractivity (Wildman–Crippen MR) is 103 cm³/mol. The summed E-state index contributed by atoms with van der Waals surface area (Å²) in [6, 6.07) is 14.9. The van der Waals surface area contributed by atoms with Crippen LogP contribution >= 0.6 is 11.6 Å². The maximum absolute atomic E-state index is 9.43. The van der Waals surface area contributed by atoms with E-state index in [-0.39, 0.29) is 6.61 Å². The molecule has 0 aliphatic carbocycles. The van der Waals surface area contributed by atoms with Gasteiger partial charge in [0.05, 0.1) is 12.1 Å². The van der Waals surface area contributed by atoms with Gasteiger partial charge >= 0.3 is 0 Å². The van der Waals surface area contributed by atoms with Gasteiger partial charge in [-0.25, -0.2) is 9.97 Å². The minimum atomic E-state index is -0.0441. The van der Waals surface area contributed by atoms with Crippen LogP contribution in [0, 0.1) is 6.92 Å². The molecular weight excluding hydrogens is 350 g/mol. The largest absolute Gasteiger partial charge is 0.392 e. The van der Waals surface area contributed by atoms with Gasteiger partial charge in [-0.2, -0.15) is 5.10 Å². The van der Waals surface area contributed by atoms with Crippen LogP contribution in [0.1, 0.15) is 11.3 Å². The molecule has 0 aliphatic heterocycles. The monoisotopic (exact) mass is 365 g/mol. The minimum absolute atomic E-state index is 0.0441. The first kappa shape index (κ1) is 16.5. The molecule has 26 heavy (non-hydrogen) atoms. The lowest BCUT2D eigenvalue weighted by molar-refractivity contribution is 0.282. The smallest absolute Gasteiger partial charge is 0.162 e. The Bertz CT molecular complexity index is 1080. The van der Waals surface area contributed by atoms with E-state index in [0.29, 0.717) is 22.5 Å². The number of halogens is 1. The number of nitrogens with zero attached hydrogens (tertiary/aromatic N) is 3. The Morgan fingerprint density at radius 3 is 2.58 bits per heavy atom. The van der Waals surface area contributed by atoms with Gasteiger partial charge in [0.2, 0.25) is 0 Å². The average Bonchev–Trinajstić information content (AvgIpc) is 3.06. The minimum Gasteiger partial charge on any atom is -0.392 e. The van der Waals surface area contributed by atoms with Gasteiger partial charge in [0, 0.05) is 27.7 Å². The predicted octanol–water partition coefficient (Wildman–Crippen LogP) is 4.22. The van der Waals surface area contributed by atoms with Crippen molar-refractivity contribution in [2.75, 3.05) is 5.32 Å². The zero-order chi connectivity index (χ0) is 18.1. The molecule has 2 aromatic carbocycles. The summed E-state index contributed by atoms with van der Waals surface area (Å²) in [6.45, 7) is 1.89. The second-order valence-corrected chi connectivity index (χ2v) is 6.41. The van der Waals surface area contributed by atoms with Crippen LogP contribution in [-0.4, -0.2) is 25.3 Å². The Kier molecular flexibility index (Phi) is 4.28. The Labute approximate surface area is 154 Å². The number of hydrogen-bond acceptors (Lipinski definition) is 5. The van der Waals surface area contributed by atoms with E-state index < -0.39 is 0 Å². The number of aromatic amines is 1. The molecule has 0 radical (unpaired) electrons. The van der Waals surface area contributed by atoms with E-state index in [0.717, 1.165) is 27.7 Å². The van der Waals surface area contributed by atoms with E-state index in [1.165, 1.54) is 0 Å². The molecule has 0 amide bonds. The molecule has 0 unspecified atom stereocenters. The summed E-state index contributed by atoms with van der Waals surface area (Å²) in [5.41, 5.74) is 3.34. The third-order valence-electron chi connectivity index (χ3n) is 4.00. The maximum atomic E-state index is 9.43. The first-order chi connectivity index (χ1) is 12.6. The molecule has 6 nitrogen and oxygen atoms in total. The van der Waals surface area contributed by atoms with Gasteiger partial charge in [-0.15, -0.1) is 0 Å². The van der Waals surface area contributed by atoms with Crippen molar-refractivity contribution in [2.24, 2.45) is 0 Å². The summed E-state index contributed by atoms with van der Waals surface area (Å²) in [7, 11) is 0. The van der Waals surface area contributed by atoms with Crippen LogP contribution in [0.5, 0.6) is 0 Å². The number of aliphatic hydroxyl groups excluding tert-OH is 1. The van der Waals surface area contributed by atoms with Crippen LogP contribution < -0.4 is 5.32 Å². The molecule has 0 atom stereocenters. The second kappa shape index (κ2) is 6.74. The van der Waals surface area contributed by atoms with E-state index in [1.54, 1.807) is 12.1 Å². The lowest BCUT2D eigenvalue weighted by Crippen LogP contribution is -2.00. The number of aryl methyl sites for hydroxylation is 1. The molecule has 2 heterocycles. The highest BCUT2D eigenvalue weighted by Crippen LogP contribution is 2.28. The molecule has 0 bridgehead atoms. The summed E-state index contributed by atoms with van der Waals surface area (Å²) in [5, 5.41) is 21.3. The van der Waals surface area contributed by atoms with Gasteiger partial charge in [-0.3, -0.25) is 5.10 Å². The number of benzene rings is 2. The molecule has 130 valence electrons. The van der Waals surface area contributed by atoms with E-state index in [1.807, 2.05) is 43.3 Å². The van der Waals surface area contributed by atoms with Crippen molar-refractivity contribution in [3.05, 3.63) is 64.8 Å². The van der Waals surface area contributed by atoms with Gasteiger partial charge in [0.25, 0.3) is 0 Å². The molecule has 0 fully saturated rings. The number of rotatable bonds is 4. The van der Waals surface area contributed by atoms with Gasteiger partial charge in [0.1, 0.15) is 5.82 Å². The topological polar surface area (TPSA) is 86.7 Å². The van der Waals surface area contributed by atoms with Crippen molar-refractivity contribution < 1.29 is 5.11 Å². The third kappa shape index (κ3) is 3.24. The van der Waals surface area contributed by atoms with Crippen LogP contribution in [0.3, 0.4) is 0 Å². The molecule has 0 aliphatic rings. The number of hydrogen-bond donors (Lipinski definition) is 3. The number of nitrogens with one attached hydrogen (secondary N) is 2. The summed E-state index contributed by atoms with van der Waals surface area (Å²) in [6.07, 6.45) is 0. The summed E-state index contributed by atoms with van der Waals surface area (Å²) in [4.78, 5) is 9.34. The van der Waals surface area contributed by atoms with Crippen molar-refractivity contribution >= 4 is 34.1 Å². The molecule has 0 saturated carbocycles. The van der Waals surface area contributed by atoms with E-state index >= 15 is 0 Å². The SMILES string of the molecule is Cc1cc(Nc2nc(-c3ccc(Cl)cc3)nc3cc(CO)ccc23)n[nH]1. The van der Waals surface area contributed by atoms with Crippen LogP contribution in [-0.2, 0) is 6.61 Å². The summed E-state index contributed by atoms with van der Waals surface area (Å²) < 4.78 is 0. The number of anilines is 2. The summed E-state index contributed by atoms with van der Waals surface area (Å²) >= 11 is 5.98. The Balaban J connectivity index is 1.88. The highest BCUT2D eigenvalue weighted by atomic mass is 35.5. The standard InChI is InChI=1S/C19H16ClN5O/c1-11-8-17(25-24-11)22-19-15-7-2-12(10-26)9-16(15)21-18(23-19)13-3-5-14(20)6-4-13/h2-9,26H,10H2,1H3,(H2,21,22,23,24,25). The molecule has 0 saturated heterocycles. The van der Waals surface area contributed by atoms with Crippen molar-refractivity contribution in [3.8, 4) is 11.4 Å². The average molecular weight is 366 g/mol. The highest BCUT2D eigenvalue weighted by molar-refractivity contribution is 6.30. The molecule has 4 aromatic rings. The fraction of sp³-hybridized carbons (Fsp3) is 0.105. The Morgan fingerprint density at radius 1 is 1.08 bits per heavy atom. The fourth-order valence-corrected chi connectivity index (χ4v) is 2.83. The van der Waals surface area contributed by atoms with Gasteiger partial charge in [0.15, 0.2) is 11.6 Å². The molecule has 4 rings (SSSR count). The maximum Gasteiger partial charge on any atom is 0.162 e. The van der Waals surface area contributed by atoms with Crippen LogP contribution in [0.25, 0.3) is 22.3 Å². The second-order valence-electron chi connectivity index (χ2n) is 5.97. The van der Waals surface area contributed by atoms with Crippen molar-refractivity contribution in [1.82, 2.24) is 20.2 Å². The van der Waals surface area contributed by atoms with Crippen molar-refractivity contribution in [2.45, 2.75) is 13.5 Å². The Hall–Kier alpha value is -2.96. The van der Waals surface area contributed by atoms with Crippen LogP contribution in [0.15, 0.2) is 48.5 Å². The van der Waals surface area contributed by atoms with E-state index in [9.17, 15) is 5.11 Å². The normalized spacial score (nSPS) is 11.0. The lowest BCUT2D eigenvalue weighted by Gasteiger charge is -2.10. The number of H-pyrrole nitrogens is 1. The molecule has 2 aromatic heterocycles. The number of aromatic nitrogens is 4.